The smallest absolute Gasteiger partial charge is 0.138 e. The number of Topliss-reactive ketones (excluding diaryl/α,β-unsaturated/α-hetero) is 1. The minimum absolute atomic E-state index is 0.149. The molecule has 1 fully saturated rings. The fourth-order valence-corrected chi connectivity index (χ4v) is 1.68. The first-order chi connectivity index (χ1) is 6.75. The number of hydrogen-bond donors (Lipinski definition) is 0. The first kappa shape index (κ1) is 9.80. The molecular formula is C10H10BrNO2. The van der Waals surface area contributed by atoms with Crippen molar-refractivity contribution in [2.45, 2.75) is 18.9 Å². The van der Waals surface area contributed by atoms with Crippen LogP contribution in [0.5, 0.6) is 0 Å². The first-order valence-electron chi connectivity index (χ1n) is 4.50. The molecule has 0 bridgehead atoms. The highest BCUT2D eigenvalue weighted by Crippen LogP contribution is 2.24. The van der Waals surface area contributed by atoms with Gasteiger partial charge in [0, 0.05) is 23.5 Å². The molecule has 2 rings (SSSR count). The van der Waals surface area contributed by atoms with E-state index in [0.717, 1.165) is 10.2 Å². The zero-order chi connectivity index (χ0) is 9.97. The lowest BCUT2D eigenvalue weighted by atomic mass is 10.0. The second kappa shape index (κ2) is 4.19. The molecule has 4 heteroatoms. The Kier molecular flexibility index (Phi) is 2.93. The highest BCUT2D eigenvalue weighted by Gasteiger charge is 2.22. The van der Waals surface area contributed by atoms with Crippen molar-refractivity contribution in [3.05, 3.63) is 28.5 Å². The third kappa shape index (κ3) is 2.19. The average Bonchev–Trinajstić information content (AvgIpc) is 2.19. The lowest BCUT2D eigenvalue weighted by Crippen LogP contribution is -2.20. The Hall–Kier alpha value is -0.740. The van der Waals surface area contributed by atoms with Crippen molar-refractivity contribution in [2.24, 2.45) is 0 Å². The van der Waals surface area contributed by atoms with Crippen LogP contribution in [0.1, 0.15) is 24.6 Å². The van der Waals surface area contributed by atoms with E-state index in [0.29, 0.717) is 19.4 Å². The van der Waals surface area contributed by atoms with Crippen molar-refractivity contribution in [3.63, 3.8) is 0 Å². The maximum atomic E-state index is 11.2. The Balaban J connectivity index is 2.14. The summed E-state index contributed by atoms with van der Waals surface area (Å²) in [4.78, 5) is 15.4. The van der Waals surface area contributed by atoms with Crippen LogP contribution in [0.2, 0.25) is 0 Å². The van der Waals surface area contributed by atoms with Gasteiger partial charge in [-0.2, -0.15) is 0 Å². The molecule has 0 spiro atoms. The van der Waals surface area contributed by atoms with Gasteiger partial charge in [-0.05, 0) is 28.1 Å². The number of nitrogens with zero attached hydrogens (tertiary/aromatic N) is 1. The van der Waals surface area contributed by atoms with Gasteiger partial charge in [0.1, 0.15) is 11.9 Å². The largest absolute Gasteiger partial charge is 0.371 e. The van der Waals surface area contributed by atoms with Crippen LogP contribution >= 0.6 is 15.9 Å². The number of carbonyl (C=O) groups is 1. The number of pyridine rings is 1. The van der Waals surface area contributed by atoms with Gasteiger partial charge in [0.15, 0.2) is 0 Å². The zero-order valence-corrected chi connectivity index (χ0v) is 9.16. The molecule has 1 atom stereocenters. The minimum atomic E-state index is -0.149. The molecule has 1 aromatic rings. The molecule has 0 aromatic carbocycles. The van der Waals surface area contributed by atoms with Gasteiger partial charge in [0.2, 0.25) is 0 Å². The van der Waals surface area contributed by atoms with Crippen LogP contribution in [0, 0.1) is 0 Å². The summed E-state index contributed by atoms with van der Waals surface area (Å²) in [6.45, 7) is 0.515. The van der Waals surface area contributed by atoms with Crippen molar-refractivity contribution in [3.8, 4) is 0 Å². The molecule has 0 radical (unpaired) electrons. The fraction of sp³-hybridized carbons (Fsp3) is 0.400. The molecule has 1 aromatic heterocycles. The highest BCUT2D eigenvalue weighted by molar-refractivity contribution is 9.10. The predicted molar refractivity (Wildman–Crippen MR) is 54.9 cm³/mol. The molecule has 0 amide bonds. The number of ketones is 1. The van der Waals surface area contributed by atoms with Crippen molar-refractivity contribution >= 4 is 21.7 Å². The van der Waals surface area contributed by atoms with Crippen LogP contribution in [0.3, 0.4) is 0 Å². The van der Waals surface area contributed by atoms with Gasteiger partial charge in [-0.3, -0.25) is 9.78 Å². The Labute approximate surface area is 90.6 Å². The van der Waals surface area contributed by atoms with Crippen molar-refractivity contribution in [1.29, 1.82) is 0 Å². The number of halogens is 1. The monoisotopic (exact) mass is 255 g/mol. The molecule has 2 heterocycles. The zero-order valence-electron chi connectivity index (χ0n) is 7.57. The van der Waals surface area contributed by atoms with E-state index in [1.807, 2.05) is 12.1 Å². The third-order valence-corrected chi connectivity index (χ3v) is 2.66. The van der Waals surface area contributed by atoms with Crippen LogP contribution in [0.15, 0.2) is 22.8 Å². The van der Waals surface area contributed by atoms with Gasteiger partial charge in [-0.1, -0.05) is 0 Å². The van der Waals surface area contributed by atoms with E-state index in [-0.39, 0.29) is 11.9 Å². The van der Waals surface area contributed by atoms with E-state index in [9.17, 15) is 4.79 Å². The topological polar surface area (TPSA) is 39.2 Å². The molecule has 1 saturated heterocycles. The summed E-state index contributed by atoms with van der Waals surface area (Å²) in [5.74, 6) is 0.256. The summed E-state index contributed by atoms with van der Waals surface area (Å²) in [6.07, 6.45) is 2.56. The summed E-state index contributed by atoms with van der Waals surface area (Å²) >= 11 is 3.31. The summed E-state index contributed by atoms with van der Waals surface area (Å²) in [7, 11) is 0. The second-order valence-corrected chi connectivity index (χ2v) is 4.17. The van der Waals surface area contributed by atoms with Crippen LogP contribution in [-0.4, -0.2) is 17.4 Å². The van der Waals surface area contributed by atoms with Gasteiger partial charge < -0.3 is 4.74 Å². The van der Waals surface area contributed by atoms with Crippen molar-refractivity contribution in [2.75, 3.05) is 6.61 Å². The minimum Gasteiger partial charge on any atom is -0.371 e. The number of rotatable bonds is 1. The van der Waals surface area contributed by atoms with E-state index in [2.05, 4.69) is 20.9 Å². The molecular weight excluding hydrogens is 246 g/mol. The molecule has 74 valence electrons. The molecule has 0 aliphatic carbocycles. The van der Waals surface area contributed by atoms with E-state index in [1.165, 1.54) is 0 Å². The molecule has 14 heavy (non-hydrogen) atoms. The molecule has 3 nitrogen and oxygen atoms in total. The molecule has 0 N–H and O–H groups in total. The number of hydrogen-bond acceptors (Lipinski definition) is 3. The van der Waals surface area contributed by atoms with Crippen LogP contribution in [-0.2, 0) is 9.53 Å². The van der Waals surface area contributed by atoms with E-state index in [1.54, 1.807) is 6.20 Å². The Morgan fingerprint density at radius 2 is 2.36 bits per heavy atom. The quantitative estimate of drug-likeness (QED) is 0.773. The van der Waals surface area contributed by atoms with Crippen molar-refractivity contribution < 1.29 is 9.53 Å². The molecule has 1 aliphatic rings. The SMILES string of the molecule is O=C1CCOC(c2ccc(Br)cn2)C1. The van der Waals surface area contributed by atoms with Gasteiger partial charge in [-0.25, -0.2) is 0 Å². The van der Waals surface area contributed by atoms with E-state index < -0.39 is 0 Å². The first-order valence-corrected chi connectivity index (χ1v) is 5.30. The standard InChI is InChI=1S/C10H10BrNO2/c11-7-1-2-9(12-6-7)10-5-8(13)3-4-14-10/h1-2,6,10H,3-5H2. The Morgan fingerprint density at radius 3 is 3.00 bits per heavy atom. The van der Waals surface area contributed by atoms with Gasteiger partial charge in [0.25, 0.3) is 0 Å². The average molecular weight is 256 g/mol. The maximum Gasteiger partial charge on any atom is 0.138 e. The maximum absolute atomic E-state index is 11.2. The summed E-state index contributed by atoms with van der Waals surface area (Å²) in [5.41, 5.74) is 0.834. The number of ether oxygens (including phenoxy) is 1. The molecule has 1 aliphatic heterocycles. The van der Waals surface area contributed by atoms with Crippen LogP contribution < -0.4 is 0 Å². The van der Waals surface area contributed by atoms with Crippen molar-refractivity contribution in [1.82, 2.24) is 4.98 Å². The van der Waals surface area contributed by atoms with Gasteiger partial charge in [-0.15, -0.1) is 0 Å². The van der Waals surface area contributed by atoms with E-state index >= 15 is 0 Å². The third-order valence-electron chi connectivity index (χ3n) is 2.19. The molecule has 0 saturated carbocycles. The Bertz CT molecular complexity index is 336. The summed E-state index contributed by atoms with van der Waals surface area (Å²) in [5, 5.41) is 0. The van der Waals surface area contributed by atoms with Crippen LogP contribution in [0.4, 0.5) is 0 Å². The van der Waals surface area contributed by atoms with Gasteiger partial charge in [0.05, 0.1) is 12.3 Å². The Morgan fingerprint density at radius 1 is 1.50 bits per heavy atom. The van der Waals surface area contributed by atoms with Crippen LogP contribution in [0.25, 0.3) is 0 Å². The normalized spacial score (nSPS) is 22.4. The fourth-order valence-electron chi connectivity index (χ4n) is 1.45. The number of carbonyl (C=O) groups excluding carboxylic acids is 1. The number of aromatic nitrogens is 1. The predicted octanol–water partition coefficient (Wildman–Crippen LogP) is 2.26. The summed E-state index contributed by atoms with van der Waals surface area (Å²) in [6, 6.07) is 3.79. The lowest BCUT2D eigenvalue weighted by Gasteiger charge is -2.21. The summed E-state index contributed by atoms with van der Waals surface area (Å²) < 4.78 is 6.41. The lowest BCUT2D eigenvalue weighted by molar-refractivity contribution is -0.128. The van der Waals surface area contributed by atoms with Gasteiger partial charge >= 0.3 is 0 Å². The van der Waals surface area contributed by atoms with E-state index in [4.69, 9.17) is 4.74 Å². The molecule has 1 unspecified atom stereocenters. The highest BCUT2D eigenvalue weighted by atomic mass is 79.9. The second-order valence-electron chi connectivity index (χ2n) is 3.25.